The fourth-order valence-corrected chi connectivity index (χ4v) is 7.87. The molecule has 0 saturated heterocycles. The van der Waals surface area contributed by atoms with Crippen molar-refractivity contribution in [3.63, 3.8) is 0 Å². The predicted octanol–water partition coefficient (Wildman–Crippen LogP) is 5.65. The summed E-state index contributed by atoms with van der Waals surface area (Å²) < 4.78 is 30.1. The molecule has 222 valence electrons. The summed E-state index contributed by atoms with van der Waals surface area (Å²) in [5, 5.41) is 5.83. The number of hydrogen-bond donors (Lipinski definition) is 2. The van der Waals surface area contributed by atoms with Gasteiger partial charge in [0.25, 0.3) is 5.91 Å². The maximum Gasteiger partial charge on any atom is 0.253 e. The quantitative estimate of drug-likeness (QED) is 0.275. The molecule has 5 rings (SSSR count). The van der Waals surface area contributed by atoms with Crippen LogP contribution in [0.4, 0.5) is 5.69 Å². The van der Waals surface area contributed by atoms with Crippen LogP contribution >= 0.6 is 0 Å². The van der Waals surface area contributed by atoms with E-state index in [1.165, 1.54) is 4.31 Å². The van der Waals surface area contributed by atoms with E-state index in [4.69, 9.17) is 0 Å². The summed E-state index contributed by atoms with van der Waals surface area (Å²) in [5.41, 5.74) is 6.67. The van der Waals surface area contributed by atoms with Crippen LogP contribution in [0.25, 0.3) is 0 Å². The molecule has 1 heterocycles. The second-order valence-electron chi connectivity index (χ2n) is 11.2. The molecule has 0 fully saturated rings. The number of fused-ring (bicyclic) bond motifs is 1. The van der Waals surface area contributed by atoms with Gasteiger partial charge in [0.15, 0.2) is 0 Å². The normalized spacial score (nSPS) is 15.0. The smallest absolute Gasteiger partial charge is 0.253 e. The molecule has 0 saturated carbocycles. The monoisotopic (exact) mass is 595 g/mol. The number of para-hydroxylation sites is 1. The molecule has 1 atom stereocenters. The van der Waals surface area contributed by atoms with Crippen molar-refractivity contribution in [2.24, 2.45) is 0 Å². The molecule has 0 unspecified atom stereocenters. The number of nitrogens with one attached hydrogen (secondary N) is 2. The van der Waals surface area contributed by atoms with Crippen molar-refractivity contribution in [3.05, 3.63) is 129 Å². The Bertz CT molecular complexity index is 1760. The Hall–Kier alpha value is -4.27. The largest absolute Gasteiger partial charge is 0.352 e. The molecule has 0 spiro atoms. The molecule has 7 nitrogen and oxygen atoms in total. The van der Waals surface area contributed by atoms with Gasteiger partial charge in [0, 0.05) is 13.1 Å². The summed E-state index contributed by atoms with van der Waals surface area (Å²) in [7, 11) is -4.07. The van der Waals surface area contributed by atoms with Gasteiger partial charge in [0.2, 0.25) is 15.9 Å². The molecule has 0 radical (unpaired) electrons. The van der Waals surface area contributed by atoms with Gasteiger partial charge in [0.05, 0.1) is 16.1 Å². The first kappa shape index (κ1) is 30.2. The molecule has 4 aromatic rings. The van der Waals surface area contributed by atoms with Gasteiger partial charge in [-0.3, -0.25) is 9.59 Å². The number of anilines is 1. The van der Waals surface area contributed by atoms with Crippen LogP contribution in [0.15, 0.2) is 89.8 Å². The lowest BCUT2D eigenvalue weighted by atomic mass is 9.95. The SMILES string of the molecule is Cc1cc(C)c(C)c(S(=O)(=O)N2Cc3ccccc3C[C@H]2C(=O)Nc2ccccc2C(=O)NCCc2ccccc2)c1C. The molecular weight excluding hydrogens is 558 g/mol. The molecule has 1 aliphatic rings. The molecule has 43 heavy (non-hydrogen) atoms. The first-order valence-corrected chi connectivity index (χ1v) is 15.9. The van der Waals surface area contributed by atoms with E-state index in [-0.39, 0.29) is 23.8 Å². The zero-order chi connectivity index (χ0) is 30.7. The number of aryl methyl sites for hydroxylation is 2. The van der Waals surface area contributed by atoms with Gasteiger partial charge in [-0.1, -0.05) is 72.8 Å². The molecule has 0 bridgehead atoms. The minimum Gasteiger partial charge on any atom is -0.352 e. The van der Waals surface area contributed by atoms with E-state index >= 15 is 0 Å². The van der Waals surface area contributed by atoms with Crippen molar-refractivity contribution in [3.8, 4) is 0 Å². The molecule has 1 aliphatic heterocycles. The van der Waals surface area contributed by atoms with Gasteiger partial charge in [-0.05, 0) is 91.6 Å². The fraction of sp³-hybridized carbons (Fsp3) is 0.257. The first-order chi connectivity index (χ1) is 20.6. The van der Waals surface area contributed by atoms with Gasteiger partial charge in [-0.15, -0.1) is 0 Å². The van der Waals surface area contributed by atoms with Crippen molar-refractivity contribution in [2.75, 3.05) is 11.9 Å². The zero-order valence-electron chi connectivity index (χ0n) is 25.0. The van der Waals surface area contributed by atoms with Crippen LogP contribution in [0.2, 0.25) is 0 Å². The number of amides is 2. The fourth-order valence-electron chi connectivity index (χ4n) is 5.73. The Morgan fingerprint density at radius 1 is 0.814 bits per heavy atom. The van der Waals surface area contributed by atoms with Crippen LogP contribution in [0, 0.1) is 27.7 Å². The molecule has 4 aromatic carbocycles. The molecule has 2 N–H and O–H groups in total. The third-order valence-corrected chi connectivity index (χ3v) is 10.5. The second kappa shape index (κ2) is 12.5. The van der Waals surface area contributed by atoms with Gasteiger partial charge >= 0.3 is 0 Å². The van der Waals surface area contributed by atoms with E-state index in [1.54, 1.807) is 24.3 Å². The molecular formula is C35H37N3O4S. The second-order valence-corrected chi connectivity index (χ2v) is 13.0. The highest BCUT2D eigenvalue weighted by Gasteiger charge is 2.41. The van der Waals surface area contributed by atoms with Gasteiger partial charge < -0.3 is 10.6 Å². The molecule has 2 amide bonds. The Labute approximate surface area is 254 Å². The Morgan fingerprint density at radius 2 is 1.42 bits per heavy atom. The third-order valence-electron chi connectivity index (χ3n) is 8.34. The molecule has 0 aliphatic carbocycles. The zero-order valence-corrected chi connectivity index (χ0v) is 25.8. The van der Waals surface area contributed by atoms with E-state index in [0.717, 1.165) is 27.8 Å². The summed E-state index contributed by atoms with van der Waals surface area (Å²) >= 11 is 0. The van der Waals surface area contributed by atoms with Crippen LogP contribution in [0.3, 0.4) is 0 Å². The molecule has 0 aromatic heterocycles. The Morgan fingerprint density at radius 3 is 2.12 bits per heavy atom. The third kappa shape index (κ3) is 6.26. The minimum atomic E-state index is -4.07. The van der Waals surface area contributed by atoms with E-state index in [1.807, 2.05) is 88.4 Å². The van der Waals surface area contributed by atoms with E-state index in [9.17, 15) is 18.0 Å². The van der Waals surface area contributed by atoms with Crippen LogP contribution in [-0.4, -0.2) is 37.1 Å². The Balaban J connectivity index is 1.44. The van der Waals surface area contributed by atoms with Crippen molar-refractivity contribution in [1.82, 2.24) is 9.62 Å². The highest BCUT2D eigenvalue weighted by Crippen LogP contribution is 2.34. The summed E-state index contributed by atoms with van der Waals surface area (Å²) in [4.78, 5) is 27.4. The number of sulfonamides is 1. The maximum atomic E-state index is 14.4. The van der Waals surface area contributed by atoms with Crippen molar-refractivity contribution >= 4 is 27.5 Å². The summed E-state index contributed by atoms with van der Waals surface area (Å²) in [6, 6.07) is 25.3. The van der Waals surface area contributed by atoms with E-state index < -0.39 is 22.0 Å². The predicted molar refractivity (Wildman–Crippen MR) is 170 cm³/mol. The highest BCUT2D eigenvalue weighted by molar-refractivity contribution is 7.89. The van der Waals surface area contributed by atoms with Crippen LogP contribution in [0.1, 0.15) is 49.3 Å². The lowest BCUT2D eigenvalue weighted by Gasteiger charge is -2.36. The lowest BCUT2D eigenvalue weighted by Crippen LogP contribution is -2.51. The maximum absolute atomic E-state index is 14.4. The summed E-state index contributed by atoms with van der Waals surface area (Å²) in [6.07, 6.45) is 0.891. The number of nitrogens with zero attached hydrogens (tertiary/aromatic N) is 1. The van der Waals surface area contributed by atoms with E-state index in [0.29, 0.717) is 35.3 Å². The number of carbonyl (C=O) groups is 2. The van der Waals surface area contributed by atoms with Crippen molar-refractivity contribution < 1.29 is 18.0 Å². The standard InChI is InChI=1S/C35H37N3O4S/c1-23-20-24(2)26(4)33(25(23)3)43(41,42)38-22-29-15-9-8-14-28(29)21-32(38)35(40)37-31-17-11-10-16-30(31)34(39)36-19-18-27-12-6-5-7-13-27/h5-17,20,32H,18-19,21-22H2,1-4H3,(H,36,39)(H,37,40)/t32-/m0/s1. The number of hydrogen-bond acceptors (Lipinski definition) is 4. The summed E-state index contributed by atoms with van der Waals surface area (Å²) in [6.45, 7) is 7.94. The highest BCUT2D eigenvalue weighted by atomic mass is 32.2. The number of carbonyl (C=O) groups excluding carboxylic acids is 2. The number of rotatable bonds is 8. The topological polar surface area (TPSA) is 95.6 Å². The van der Waals surface area contributed by atoms with Crippen LogP contribution in [-0.2, 0) is 34.2 Å². The van der Waals surface area contributed by atoms with Crippen LogP contribution < -0.4 is 10.6 Å². The van der Waals surface area contributed by atoms with E-state index in [2.05, 4.69) is 10.6 Å². The van der Waals surface area contributed by atoms with Gasteiger partial charge in [-0.25, -0.2) is 8.42 Å². The van der Waals surface area contributed by atoms with Crippen LogP contribution in [0.5, 0.6) is 0 Å². The summed E-state index contributed by atoms with van der Waals surface area (Å²) in [5.74, 6) is -0.797. The lowest BCUT2D eigenvalue weighted by molar-refractivity contribution is -0.120. The van der Waals surface area contributed by atoms with Crippen molar-refractivity contribution in [2.45, 2.75) is 58.0 Å². The van der Waals surface area contributed by atoms with Crippen molar-refractivity contribution in [1.29, 1.82) is 0 Å². The Kier molecular flexibility index (Phi) is 8.80. The average Bonchev–Trinajstić information content (AvgIpc) is 3.00. The van der Waals surface area contributed by atoms with Gasteiger partial charge in [-0.2, -0.15) is 4.31 Å². The average molecular weight is 596 g/mol. The number of benzene rings is 4. The first-order valence-electron chi connectivity index (χ1n) is 14.5. The molecule has 8 heteroatoms. The minimum absolute atomic E-state index is 0.0735. The van der Waals surface area contributed by atoms with Gasteiger partial charge in [0.1, 0.15) is 6.04 Å².